The van der Waals surface area contributed by atoms with E-state index >= 15 is 0 Å². The first-order valence-corrected chi connectivity index (χ1v) is 10.2. The molecule has 0 saturated heterocycles. The highest BCUT2D eigenvalue weighted by molar-refractivity contribution is 7.92. The van der Waals surface area contributed by atoms with Crippen molar-refractivity contribution in [2.45, 2.75) is 13.5 Å². The lowest BCUT2D eigenvalue weighted by molar-refractivity contribution is 0.0950. The fourth-order valence-corrected chi connectivity index (χ4v) is 3.25. The van der Waals surface area contributed by atoms with Gasteiger partial charge in [0.15, 0.2) is 0 Å². The van der Waals surface area contributed by atoms with Gasteiger partial charge in [-0.1, -0.05) is 30.3 Å². The summed E-state index contributed by atoms with van der Waals surface area (Å²) in [6, 6.07) is 16.5. The number of nitrogens with zero attached hydrogens (tertiary/aromatic N) is 2. The molecule has 7 nitrogen and oxygen atoms in total. The first-order chi connectivity index (χ1) is 12.8. The maximum atomic E-state index is 12.5. The molecule has 3 rings (SSSR count). The minimum Gasteiger partial charge on any atom is -0.348 e. The monoisotopic (exact) mass is 384 g/mol. The van der Waals surface area contributed by atoms with Crippen LogP contribution < -0.4 is 10.0 Å². The first kappa shape index (κ1) is 18.7. The molecular weight excluding hydrogens is 364 g/mol. The molecule has 0 spiro atoms. The molecule has 0 atom stereocenters. The van der Waals surface area contributed by atoms with Gasteiger partial charge in [0.2, 0.25) is 10.0 Å². The molecular formula is C19H20N4O3S. The van der Waals surface area contributed by atoms with E-state index in [0.29, 0.717) is 11.3 Å². The number of hydrogen-bond donors (Lipinski definition) is 2. The van der Waals surface area contributed by atoms with Gasteiger partial charge in [0, 0.05) is 12.2 Å². The maximum Gasteiger partial charge on any atom is 0.255 e. The molecule has 8 heteroatoms. The number of amides is 1. The molecule has 140 valence electrons. The third-order valence-corrected chi connectivity index (χ3v) is 4.54. The van der Waals surface area contributed by atoms with Gasteiger partial charge in [-0.3, -0.25) is 9.52 Å². The molecule has 1 aromatic heterocycles. The van der Waals surface area contributed by atoms with Crippen molar-refractivity contribution in [2.24, 2.45) is 0 Å². The number of aromatic nitrogens is 2. The van der Waals surface area contributed by atoms with Crippen LogP contribution in [0, 0.1) is 6.92 Å². The summed E-state index contributed by atoms with van der Waals surface area (Å²) < 4.78 is 26.8. The number of para-hydroxylation sites is 1. The zero-order chi connectivity index (χ0) is 19.4. The summed E-state index contributed by atoms with van der Waals surface area (Å²) >= 11 is 0. The Morgan fingerprint density at radius 2 is 1.85 bits per heavy atom. The van der Waals surface area contributed by atoms with Crippen LogP contribution in [0.3, 0.4) is 0 Å². The standard InChI is InChI=1S/C19H20N4O3S/c1-14-18(13-21-23(14)17-9-4-3-5-10-17)19(24)20-12-15-7-6-8-16(11-15)22-27(2,25)26/h3-11,13,22H,12H2,1-2H3,(H,20,24). The van der Waals surface area contributed by atoms with E-state index in [0.717, 1.165) is 23.2 Å². The van der Waals surface area contributed by atoms with Crippen molar-refractivity contribution in [1.29, 1.82) is 0 Å². The van der Waals surface area contributed by atoms with Gasteiger partial charge in [-0.15, -0.1) is 0 Å². The molecule has 2 aromatic carbocycles. The van der Waals surface area contributed by atoms with E-state index in [1.165, 1.54) is 0 Å². The smallest absolute Gasteiger partial charge is 0.255 e. The molecule has 1 amide bonds. The number of anilines is 1. The van der Waals surface area contributed by atoms with E-state index in [4.69, 9.17) is 0 Å². The summed E-state index contributed by atoms with van der Waals surface area (Å²) in [4.78, 5) is 12.5. The van der Waals surface area contributed by atoms with Gasteiger partial charge < -0.3 is 5.32 Å². The minimum atomic E-state index is -3.35. The van der Waals surface area contributed by atoms with Gasteiger partial charge in [-0.05, 0) is 36.8 Å². The second kappa shape index (κ2) is 7.63. The van der Waals surface area contributed by atoms with Gasteiger partial charge >= 0.3 is 0 Å². The third-order valence-electron chi connectivity index (χ3n) is 3.94. The molecule has 0 unspecified atom stereocenters. The minimum absolute atomic E-state index is 0.240. The van der Waals surface area contributed by atoms with E-state index in [2.05, 4.69) is 15.1 Å². The van der Waals surface area contributed by atoms with Crippen LogP contribution in [0.25, 0.3) is 5.69 Å². The topological polar surface area (TPSA) is 93.1 Å². The molecule has 0 radical (unpaired) electrons. The van der Waals surface area contributed by atoms with Crippen LogP contribution in [-0.2, 0) is 16.6 Å². The molecule has 0 bridgehead atoms. The van der Waals surface area contributed by atoms with E-state index in [-0.39, 0.29) is 12.5 Å². The Bertz CT molecular complexity index is 1060. The normalized spacial score (nSPS) is 11.2. The molecule has 0 aliphatic carbocycles. The Hall–Kier alpha value is -3.13. The van der Waals surface area contributed by atoms with Gasteiger partial charge in [-0.2, -0.15) is 5.10 Å². The Morgan fingerprint density at radius 3 is 2.56 bits per heavy atom. The van der Waals surface area contributed by atoms with Crippen LogP contribution >= 0.6 is 0 Å². The zero-order valence-electron chi connectivity index (χ0n) is 15.0. The highest BCUT2D eigenvalue weighted by Gasteiger charge is 2.15. The van der Waals surface area contributed by atoms with Crippen molar-refractivity contribution in [1.82, 2.24) is 15.1 Å². The van der Waals surface area contributed by atoms with Gasteiger partial charge in [0.1, 0.15) is 0 Å². The van der Waals surface area contributed by atoms with Crippen LogP contribution in [0.15, 0.2) is 60.8 Å². The van der Waals surface area contributed by atoms with Crippen LogP contribution in [-0.4, -0.2) is 30.4 Å². The largest absolute Gasteiger partial charge is 0.348 e. The summed E-state index contributed by atoms with van der Waals surface area (Å²) in [5.74, 6) is -0.240. The Balaban J connectivity index is 1.70. The maximum absolute atomic E-state index is 12.5. The SMILES string of the molecule is Cc1c(C(=O)NCc2cccc(NS(C)(=O)=O)c2)cnn1-c1ccccc1. The van der Waals surface area contributed by atoms with Gasteiger partial charge in [0.25, 0.3) is 5.91 Å². The fraction of sp³-hybridized carbons (Fsp3) is 0.158. The molecule has 0 saturated carbocycles. The lowest BCUT2D eigenvalue weighted by atomic mass is 10.2. The van der Waals surface area contributed by atoms with E-state index in [1.54, 1.807) is 29.1 Å². The molecule has 2 N–H and O–H groups in total. The second-order valence-corrected chi connectivity index (χ2v) is 7.90. The van der Waals surface area contributed by atoms with E-state index in [1.807, 2.05) is 43.3 Å². The molecule has 0 fully saturated rings. The summed E-state index contributed by atoms with van der Waals surface area (Å²) in [6.45, 7) is 2.11. The quantitative estimate of drug-likeness (QED) is 0.683. The number of hydrogen-bond acceptors (Lipinski definition) is 4. The van der Waals surface area contributed by atoms with Crippen molar-refractivity contribution in [3.05, 3.63) is 77.6 Å². The van der Waals surface area contributed by atoms with Crippen molar-refractivity contribution in [3.63, 3.8) is 0 Å². The molecule has 0 aliphatic heterocycles. The van der Waals surface area contributed by atoms with Crippen molar-refractivity contribution < 1.29 is 13.2 Å². The lowest BCUT2D eigenvalue weighted by Gasteiger charge is -2.09. The number of benzene rings is 2. The highest BCUT2D eigenvalue weighted by Crippen LogP contribution is 2.15. The molecule has 3 aromatic rings. The zero-order valence-corrected chi connectivity index (χ0v) is 15.8. The van der Waals surface area contributed by atoms with Crippen molar-refractivity contribution >= 4 is 21.6 Å². The fourth-order valence-electron chi connectivity index (χ4n) is 2.70. The van der Waals surface area contributed by atoms with Crippen LogP contribution in [0.4, 0.5) is 5.69 Å². The highest BCUT2D eigenvalue weighted by atomic mass is 32.2. The molecule has 27 heavy (non-hydrogen) atoms. The van der Waals surface area contributed by atoms with Crippen molar-refractivity contribution in [3.8, 4) is 5.69 Å². The van der Waals surface area contributed by atoms with Crippen LogP contribution in [0.2, 0.25) is 0 Å². The van der Waals surface area contributed by atoms with Crippen LogP contribution in [0.5, 0.6) is 0 Å². The second-order valence-electron chi connectivity index (χ2n) is 6.15. The molecule has 1 heterocycles. The Morgan fingerprint density at radius 1 is 1.11 bits per heavy atom. The first-order valence-electron chi connectivity index (χ1n) is 8.28. The van der Waals surface area contributed by atoms with E-state index in [9.17, 15) is 13.2 Å². The average molecular weight is 384 g/mol. The van der Waals surface area contributed by atoms with Gasteiger partial charge in [0.05, 0.1) is 29.4 Å². The predicted molar refractivity (Wildman–Crippen MR) is 104 cm³/mol. The number of carbonyl (C=O) groups excluding carboxylic acids is 1. The lowest BCUT2D eigenvalue weighted by Crippen LogP contribution is -2.23. The summed E-state index contributed by atoms with van der Waals surface area (Å²) in [7, 11) is -3.35. The Kier molecular flexibility index (Phi) is 5.27. The van der Waals surface area contributed by atoms with Crippen LogP contribution in [0.1, 0.15) is 21.6 Å². The third kappa shape index (κ3) is 4.73. The van der Waals surface area contributed by atoms with E-state index < -0.39 is 10.0 Å². The predicted octanol–water partition coefficient (Wildman–Crippen LogP) is 2.48. The number of carbonyl (C=O) groups is 1. The summed E-state index contributed by atoms with van der Waals surface area (Å²) in [5, 5.41) is 7.14. The Labute approximate surface area is 158 Å². The number of sulfonamides is 1. The number of nitrogens with one attached hydrogen (secondary N) is 2. The van der Waals surface area contributed by atoms with Crippen molar-refractivity contribution in [2.75, 3.05) is 11.0 Å². The molecule has 0 aliphatic rings. The number of rotatable bonds is 6. The summed E-state index contributed by atoms with van der Waals surface area (Å²) in [6.07, 6.45) is 2.63. The van der Waals surface area contributed by atoms with Gasteiger partial charge in [-0.25, -0.2) is 13.1 Å². The summed E-state index contributed by atoms with van der Waals surface area (Å²) in [5.41, 5.74) is 3.35. The average Bonchev–Trinajstić information content (AvgIpc) is 3.01.